The molecule has 0 unspecified atom stereocenters. The van der Waals surface area contributed by atoms with E-state index < -0.39 is 10.0 Å². The number of hydrogen-bond donors (Lipinski definition) is 2. The molecule has 4 aromatic rings. The van der Waals surface area contributed by atoms with Gasteiger partial charge in [0.15, 0.2) is 5.65 Å². The molecule has 0 fully saturated rings. The number of benzene rings is 1. The van der Waals surface area contributed by atoms with E-state index in [4.69, 9.17) is 5.11 Å². The van der Waals surface area contributed by atoms with E-state index in [1.54, 1.807) is 24.3 Å². The average Bonchev–Trinajstić information content (AvgIpc) is 3.15. The molecule has 0 aliphatic rings. The summed E-state index contributed by atoms with van der Waals surface area (Å²) >= 11 is 3.47. The van der Waals surface area contributed by atoms with Crippen LogP contribution in [0.25, 0.3) is 11.0 Å². The van der Waals surface area contributed by atoms with Crippen molar-refractivity contribution in [2.45, 2.75) is 31.2 Å². The smallest absolute Gasteiger partial charge is 0.269 e. The minimum absolute atomic E-state index is 0.125. The van der Waals surface area contributed by atoms with Gasteiger partial charge in [0.25, 0.3) is 10.0 Å². The Morgan fingerprint density at radius 2 is 1.84 bits per heavy atom. The molecule has 3 heterocycles. The van der Waals surface area contributed by atoms with Crippen LogP contribution in [-0.2, 0) is 23.0 Å². The number of anilines is 1. The molecule has 0 saturated heterocycles. The maximum atomic E-state index is 13.2. The first-order valence-electron chi connectivity index (χ1n) is 10.0. The molecule has 1 aromatic carbocycles. The number of pyridine rings is 1. The molecule has 2 N–H and O–H groups in total. The Morgan fingerprint density at radius 1 is 1.09 bits per heavy atom. The zero-order valence-electron chi connectivity index (χ0n) is 17.4. The fourth-order valence-electron chi connectivity index (χ4n) is 3.33. The third-order valence-electron chi connectivity index (χ3n) is 4.98. The standard InChI is InChI=1S/C22H22BrN5O3S/c1-15-7-9-18(10-8-15)32(30,31)28-13-19(23)20-21(25-14-26-22(20)28)24-12-17-5-2-4-16(27-17)6-3-11-29/h2,4-5,7-10,13-14,29H,3,6,11-12H2,1H3,(H,24,25,26). The number of halogens is 1. The molecule has 0 bridgehead atoms. The summed E-state index contributed by atoms with van der Waals surface area (Å²) in [6.45, 7) is 2.43. The second-order valence-corrected chi connectivity index (χ2v) is 9.98. The predicted octanol–water partition coefficient (Wildman–Crippen LogP) is 3.67. The Morgan fingerprint density at radius 3 is 2.59 bits per heavy atom. The normalized spacial score (nSPS) is 11.7. The highest BCUT2D eigenvalue weighted by Crippen LogP contribution is 2.32. The van der Waals surface area contributed by atoms with Gasteiger partial charge < -0.3 is 10.4 Å². The van der Waals surface area contributed by atoms with Gasteiger partial charge in [-0.05, 0) is 60.0 Å². The lowest BCUT2D eigenvalue weighted by atomic mass is 10.2. The fraction of sp³-hybridized carbons (Fsp3) is 0.227. The van der Waals surface area contributed by atoms with E-state index in [9.17, 15) is 8.42 Å². The third kappa shape index (κ3) is 4.52. The maximum absolute atomic E-state index is 13.2. The minimum atomic E-state index is -3.82. The molecule has 166 valence electrons. The number of aliphatic hydroxyl groups excluding tert-OH is 1. The summed E-state index contributed by atoms with van der Waals surface area (Å²) in [6.07, 6.45) is 4.19. The highest BCUT2D eigenvalue weighted by molar-refractivity contribution is 9.10. The summed E-state index contributed by atoms with van der Waals surface area (Å²) in [4.78, 5) is 13.3. The molecule has 10 heteroatoms. The largest absolute Gasteiger partial charge is 0.396 e. The van der Waals surface area contributed by atoms with Crippen LogP contribution in [0.5, 0.6) is 0 Å². The van der Waals surface area contributed by atoms with Gasteiger partial charge in [-0.3, -0.25) is 4.98 Å². The molecule has 32 heavy (non-hydrogen) atoms. The molecule has 0 saturated carbocycles. The number of nitrogens with zero attached hydrogens (tertiary/aromatic N) is 4. The van der Waals surface area contributed by atoms with Gasteiger partial charge in [0.2, 0.25) is 0 Å². The number of hydrogen-bond acceptors (Lipinski definition) is 7. The molecule has 0 aliphatic heterocycles. The van der Waals surface area contributed by atoms with E-state index in [2.05, 4.69) is 36.2 Å². The second kappa shape index (κ2) is 9.35. The number of rotatable bonds is 8. The van der Waals surface area contributed by atoms with Crippen LogP contribution in [0.2, 0.25) is 0 Å². The Kier molecular flexibility index (Phi) is 6.54. The lowest BCUT2D eigenvalue weighted by Gasteiger charge is -2.09. The van der Waals surface area contributed by atoms with E-state index in [0.717, 1.165) is 20.9 Å². The second-order valence-electron chi connectivity index (χ2n) is 7.31. The van der Waals surface area contributed by atoms with Crippen molar-refractivity contribution in [3.8, 4) is 0 Å². The number of aliphatic hydroxyl groups is 1. The van der Waals surface area contributed by atoms with Crippen LogP contribution in [-0.4, -0.2) is 39.1 Å². The van der Waals surface area contributed by atoms with Gasteiger partial charge in [0.05, 0.1) is 22.5 Å². The van der Waals surface area contributed by atoms with Crippen molar-refractivity contribution >= 4 is 42.8 Å². The van der Waals surface area contributed by atoms with Gasteiger partial charge in [-0.1, -0.05) is 23.8 Å². The first kappa shape index (κ1) is 22.4. The Labute approximate surface area is 194 Å². The van der Waals surface area contributed by atoms with Crippen LogP contribution in [0, 0.1) is 6.92 Å². The SMILES string of the molecule is Cc1ccc(S(=O)(=O)n2cc(Br)c3c(NCc4cccc(CCCO)n4)ncnc32)cc1. The van der Waals surface area contributed by atoms with Crippen molar-refractivity contribution in [3.63, 3.8) is 0 Å². The van der Waals surface area contributed by atoms with Gasteiger partial charge in [0.1, 0.15) is 12.1 Å². The van der Waals surface area contributed by atoms with Crippen molar-refractivity contribution in [2.24, 2.45) is 0 Å². The predicted molar refractivity (Wildman–Crippen MR) is 126 cm³/mol. The summed E-state index contributed by atoms with van der Waals surface area (Å²) in [5.74, 6) is 0.502. The monoisotopic (exact) mass is 515 g/mol. The van der Waals surface area contributed by atoms with Crippen LogP contribution >= 0.6 is 15.9 Å². The van der Waals surface area contributed by atoms with E-state index in [1.165, 1.54) is 12.5 Å². The molecule has 4 rings (SSSR count). The van der Waals surface area contributed by atoms with Crippen molar-refractivity contribution < 1.29 is 13.5 Å². The fourth-order valence-corrected chi connectivity index (χ4v) is 5.36. The van der Waals surface area contributed by atoms with Crippen molar-refractivity contribution in [1.29, 1.82) is 0 Å². The summed E-state index contributed by atoms with van der Waals surface area (Å²) in [7, 11) is -3.82. The number of fused-ring (bicyclic) bond motifs is 1. The Hall–Kier alpha value is -2.82. The highest BCUT2D eigenvalue weighted by Gasteiger charge is 2.23. The summed E-state index contributed by atoms with van der Waals surface area (Å²) < 4.78 is 28.2. The molecule has 0 radical (unpaired) electrons. The summed E-state index contributed by atoms with van der Waals surface area (Å²) in [6, 6.07) is 12.4. The topological polar surface area (TPSA) is 110 Å². The molecular weight excluding hydrogens is 494 g/mol. The minimum Gasteiger partial charge on any atom is -0.396 e. The number of nitrogens with one attached hydrogen (secondary N) is 1. The molecular formula is C22H22BrN5O3S. The molecule has 0 atom stereocenters. The first-order chi connectivity index (χ1) is 15.4. The van der Waals surface area contributed by atoms with E-state index in [-0.39, 0.29) is 17.1 Å². The molecule has 0 aliphatic carbocycles. The van der Waals surface area contributed by atoms with E-state index in [1.807, 2.05) is 25.1 Å². The quantitative estimate of drug-likeness (QED) is 0.368. The lowest BCUT2D eigenvalue weighted by Crippen LogP contribution is -2.13. The van der Waals surface area contributed by atoms with Gasteiger partial charge in [0, 0.05) is 23.0 Å². The maximum Gasteiger partial charge on any atom is 0.269 e. The van der Waals surface area contributed by atoms with Gasteiger partial charge in [-0.15, -0.1) is 0 Å². The van der Waals surface area contributed by atoms with Crippen LogP contribution in [0.3, 0.4) is 0 Å². The van der Waals surface area contributed by atoms with Crippen molar-refractivity contribution in [3.05, 3.63) is 76.4 Å². The Balaban J connectivity index is 1.65. The summed E-state index contributed by atoms with van der Waals surface area (Å²) in [5, 5.41) is 12.8. The Bertz CT molecular complexity index is 1350. The molecule has 8 nitrogen and oxygen atoms in total. The van der Waals surface area contributed by atoms with Gasteiger partial charge in [-0.2, -0.15) is 0 Å². The zero-order chi connectivity index (χ0) is 22.7. The van der Waals surface area contributed by atoms with Crippen LogP contribution in [0.1, 0.15) is 23.4 Å². The first-order valence-corrected chi connectivity index (χ1v) is 12.3. The van der Waals surface area contributed by atoms with Gasteiger partial charge in [-0.25, -0.2) is 22.4 Å². The number of aryl methyl sites for hydroxylation is 2. The third-order valence-corrected chi connectivity index (χ3v) is 7.24. The van der Waals surface area contributed by atoms with Gasteiger partial charge >= 0.3 is 0 Å². The zero-order valence-corrected chi connectivity index (χ0v) is 19.8. The van der Waals surface area contributed by atoms with E-state index >= 15 is 0 Å². The van der Waals surface area contributed by atoms with Crippen LogP contribution in [0.4, 0.5) is 5.82 Å². The highest BCUT2D eigenvalue weighted by atomic mass is 79.9. The van der Waals surface area contributed by atoms with Crippen molar-refractivity contribution in [1.82, 2.24) is 18.9 Å². The van der Waals surface area contributed by atoms with Crippen LogP contribution < -0.4 is 5.32 Å². The molecule has 0 spiro atoms. The average molecular weight is 516 g/mol. The number of aromatic nitrogens is 4. The van der Waals surface area contributed by atoms with Crippen molar-refractivity contribution in [2.75, 3.05) is 11.9 Å². The molecule has 3 aromatic heterocycles. The lowest BCUT2D eigenvalue weighted by molar-refractivity contribution is 0.288. The summed E-state index contributed by atoms with van der Waals surface area (Å²) in [5.41, 5.74) is 2.97. The van der Waals surface area contributed by atoms with Crippen LogP contribution in [0.15, 0.2) is 64.4 Å². The van der Waals surface area contributed by atoms with E-state index in [0.29, 0.717) is 35.1 Å². The molecule has 0 amide bonds.